The fourth-order valence-corrected chi connectivity index (χ4v) is 1.45. The van der Waals surface area contributed by atoms with Gasteiger partial charge in [0.25, 0.3) is 0 Å². The number of amides is 1. The van der Waals surface area contributed by atoms with Crippen LogP contribution in [0.2, 0.25) is 0 Å². The largest absolute Gasteiger partial charge is 0.363 e. The minimum absolute atomic E-state index is 0.0802. The molecular formula is C11H22N2O2. The van der Waals surface area contributed by atoms with Crippen LogP contribution in [0.15, 0.2) is 0 Å². The number of ether oxygens (including phenoxy) is 1. The molecule has 0 radical (unpaired) electrons. The molecule has 1 N–H and O–H groups in total. The quantitative estimate of drug-likeness (QED) is 0.705. The summed E-state index contributed by atoms with van der Waals surface area (Å²) < 4.78 is 5.57. The number of rotatable bonds is 6. The number of likely N-dealkylation sites (N-methyl/N-ethyl adjacent to an activating group) is 1. The molecule has 4 heteroatoms. The molecule has 0 aromatic rings. The van der Waals surface area contributed by atoms with Crippen LogP contribution in [0.3, 0.4) is 0 Å². The molecule has 1 amide bonds. The van der Waals surface area contributed by atoms with E-state index >= 15 is 0 Å². The zero-order valence-corrected chi connectivity index (χ0v) is 10.0. The Balaban J connectivity index is 2.17. The van der Waals surface area contributed by atoms with E-state index in [2.05, 4.69) is 12.2 Å². The van der Waals surface area contributed by atoms with Crippen LogP contribution in [-0.2, 0) is 9.53 Å². The van der Waals surface area contributed by atoms with E-state index < -0.39 is 0 Å². The van der Waals surface area contributed by atoms with E-state index in [1.165, 1.54) is 0 Å². The molecule has 88 valence electrons. The van der Waals surface area contributed by atoms with Gasteiger partial charge in [0.15, 0.2) is 0 Å². The Labute approximate surface area is 92.0 Å². The molecule has 0 atom stereocenters. The second kappa shape index (κ2) is 5.47. The maximum absolute atomic E-state index is 11.6. The average molecular weight is 214 g/mol. The first kappa shape index (κ1) is 12.5. The Morgan fingerprint density at radius 3 is 2.67 bits per heavy atom. The Morgan fingerprint density at radius 1 is 1.53 bits per heavy atom. The van der Waals surface area contributed by atoms with Gasteiger partial charge in [-0.1, -0.05) is 13.3 Å². The average Bonchev–Trinajstić information content (AvgIpc) is 2.19. The molecule has 1 aliphatic heterocycles. The highest BCUT2D eigenvalue weighted by Crippen LogP contribution is 2.14. The summed E-state index contributed by atoms with van der Waals surface area (Å²) in [7, 11) is 1.84. The summed E-state index contributed by atoms with van der Waals surface area (Å²) in [5.74, 6) is 0.0802. The molecule has 4 nitrogen and oxygen atoms in total. The molecule has 0 spiro atoms. The van der Waals surface area contributed by atoms with Gasteiger partial charge in [-0.05, 0) is 13.3 Å². The molecule has 0 aromatic heterocycles. The van der Waals surface area contributed by atoms with Crippen molar-refractivity contribution in [1.82, 2.24) is 10.2 Å². The van der Waals surface area contributed by atoms with E-state index in [0.29, 0.717) is 0 Å². The Bertz CT molecular complexity index is 215. The lowest BCUT2D eigenvalue weighted by molar-refractivity contribution is -0.144. The lowest BCUT2D eigenvalue weighted by Crippen LogP contribution is -2.59. The Hall–Kier alpha value is -0.610. The van der Waals surface area contributed by atoms with Crippen molar-refractivity contribution in [2.75, 3.05) is 33.3 Å². The molecule has 0 unspecified atom stereocenters. The van der Waals surface area contributed by atoms with Crippen molar-refractivity contribution < 1.29 is 9.53 Å². The van der Waals surface area contributed by atoms with Gasteiger partial charge in [-0.3, -0.25) is 4.79 Å². The zero-order chi connectivity index (χ0) is 11.3. The van der Waals surface area contributed by atoms with Crippen molar-refractivity contribution in [3.05, 3.63) is 0 Å². The first-order chi connectivity index (χ1) is 7.07. The summed E-state index contributed by atoms with van der Waals surface area (Å²) in [6.07, 6.45) is 2.17. The number of nitrogens with zero attached hydrogens (tertiary/aromatic N) is 1. The topological polar surface area (TPSA) is 41.6 Å². The van der Waals surface area contributed by atoms with Crippen molar-refractivity contribution in [2.24, 2.45) is 0 Å². The van der Waals surface area contributed by atoms with Crippen molar-refractivity contribution in [3.8, 4) is 0 Å². The molecular weight excluding hydrogens is 192 g/mol. The number of nitrogens with one attached hydrogen (secondary N) is 1. The SMILES string of the molecule is CCCCN(C)C(=O)COC1(C)CNC1. The minimum Gasteiger partial charge on any atom is -0.363 e. The fourth-order valence-electron chi connectivity index (χ4n) is 1.45. The second-order valence-corrected chi connectivity index (χ2v) is 4.51. The van der Waals surface area contributed by atoms with E-state index in [-0.39, 0.29) is 18.1 Å². The predicted molar refractivity (Wildman–Crippen MR) is 59.8 cm³/mol. The Kier molecular flexibility index (Phi) is 4.54. The van der Waals surface area contributed by atoms with Gasteiger partial charge in [0, 0.05) is 26.7 Å². The molecule has 0 aliphatic carbocycles. The lowest BCUT2D eigenvalue weighted by atomic mass is 10.0. The highest BCUT2D eigenvalue weighted by molar-refractivity contribution is 5.77. The maximum atomic E-state index is 11.6. The summed E-state index contributed by atoms with van der Waals surface area (Å²) in [6, 6.07) is 0. The molecule has 1 rings (SSSR count). The van der Waals surface area contributed by atoms with Gasteiger partial charge in [0.2, 0.25) is 5.91 Å². The third kappa shape index (κ3) is 3.80. The lowest BCUT2D eigenvalue weighted by Gasteiger charge is -2.39. The predicted octanol–water partition coefficient (Wildman–Crippen LogP) is 0.623. The number of unbranched alkanes of at least 4 members (excludes halogenated alkanes) is 1. The number of carbonyl (C=O) groups is 1. The van der Waals surface area contributed by atoms with E-state index in [1.807, 2.05) is 14.0 Å². The van der Waals surface area contributed by atoms with Crippen LogP contribution in [0.5, 0.6) is 0 Å². The van der Waals surface area contributed by atoms with Gasteiger partial charge in [-0.2, -0.15) is 0 Å². The number of hydrogen-bond acceptors (Lipinski definition) is 3. The molecule has 0 aromatic carbocycles. The van der Waals surface area contributed by atoms with Crippen molar-refractivity contribution in [1.29, 1.82) is 0 Å². The second-order valence-electron chi connectivity index (χ2n) is 4.51. The van der Waals surface area contributed by atoms with Crippen molar-refractivity contribution in [3.63, 3.8) is 0 Å². The first-order valence-electron chi connectivity index (χ1n) is 5.66. The Morgan fingerprint density at radius 2 is 2.20 bits per heavy atom. The molecule has 1 saturated heterocycles. The summed E-state index contributed by atoms with van der Waals surface area (Å²) >= 11 is 0. The van der Waals surface area contributed by atoms with E-state index in [4.69, 9.17) is 4.74 Å². The molecule has 15 heavy (non-hydrogen) atoms. The first-order valence-corrected chi connectivity index (χ1v) is 5.66. The number of hydrogen-bond donors (Lipinski definition) is 1. The third-order valence-electron chi connectivity index (χ3n) is 2.81. The standard InChI is InChI=1S/C11H22N2O2/c1-4-5-6-13(3)10(14)7-15-11(2)8-12-9-11/h12H,4-9H2,1-3H3. The highest BCUT2D eigenvalue weighted by Gasteiger charge is 2.33. The molecule has 0 bridgehead atoms. The number of carbonyl (C=O) groups excluding carboxylic acids is 1. The molecule has 1 fully saturated rings. The summed E-state index contributed by atoms with van der Waals surface area (Å²) in [5, 5.41) is 3.14. The molecule has 1 heterocycles. The molecule has 0 saturated carbocycles. The fraction of sp³-hybridized carbons (Fsp3) is 0.909. The molecule has 1 aliphatic rings. The van der Waals surface area contributed by atoms with Gasteiger partial charge in [0.1, 0.15) is 6.61 Å². The van der Waals surface area contributed by atoms with E-state index in [1.54, 1.807) is 4.90 Å². The van der Waals surface area contributed by atoms with Crippen LogP contribution in [-0.4, -0.2) is 49.7 Å². The van der Waals surface area contributed by atoms with Gasteiger partial charge in [-0.15, -0.1) is 0 Å². The van der Waals surface area contributed by atoms with Crippen LogP contribution in [0.4, 0.5) is 0 Å². The normalized spacial score (nSPS) is 18.3. The van der Waals surface area contributed by atoms with Gasteiger partial charge >= 0.3 is 0 Å². The smallest absolute Gasteiger partial charge is 0.248 e. The van der Waals surface area contributed by atoms with Gasteiger partial charge in [0.05, 0.1) is 5.60 Å². The summed E-state index contributed by atoms with van der Waals surface area (Å²) in [4.78, 5) is 13.4. The van der Waals surface area contributed by atoms with Crippen LogP contribution in [0.1, 0.15) is 26.7 Å². The monoisotopic (exact) mass is 214 g/mol. The highest BCUT2D eigenvalue weighted by atomic mass is 16.5. The third-order valence-corrected chi connectivity index (χ3v) is 2.81. The van der Waals surface area contributed by atoms with Crippen LogP contribution < -0.4 is 5.32 Å². The summed E-state index contributed by atoms with van der Waals surface area (Å²) in [5.41, 5.74) is -0.124. The van der Waals surface area contributed by atoms with Gasteiger partial charge in [-0.25, -0.2) is 0 Å². The van der Waals surface area contributed by atoms with Crippen LogP contribution in [0.25, 0.3) is 0 Å². The van der Waals surface area contributed by atoms with E-state index in [9.17, 15) is 4.79 Å². The maximum Gasteiger partial charge on any atom is 0.248 e. The minimum atomic E-state index is -0.124. The van der Waals surface area contributed by atoms with Crippen molar-refractivity contribution in [2.45, 2.75) is 32.3 Å². The van der Waals surface area contributed by atoms with Crippen LogP contribution in [0, 0.1) is 0 Å². The summed E-state index contributed by atoms with van der Waals surface area (Å²) in [6.45, 7) is 6.88. The zero-order valence-electron chi connectivity index (χ0n) is 10.0. The van der Waals surface area contributed by atoms with Crippen LogP contribution >= 0.6 is 0 Å². The van der Waals surface area contributed by atoms with Crippen molar-refractivity contribution >= 4 is 5.91 Å². The van der Waals surface area contributed by atoms with Gasteiger partial charge < -0.3 is 15.0 Å². The van der Waals surface area contributed by atoms with E-state index in [0.717, 1.165) is 32.5 Å².